The number of hydrogen-bond donors (Lipinski definition) is 1. The zero-order valence-corrected chi connectivity index (χ0v) is 12.0. The molecule has 1 aromatic rings. The molecule has 1 aliphatic carbocycles. The molecule has 0 heterocycles. The predicted octanol–water partition coefficient (Wildman–Crippen LogP) is 4.50. The number of hydrogen-bond acceptors (Lipinski definition) is 2. The van der Waals surface area contributed by atoms with Crippen molar-refractivity contribution in [3.63, 3.8) is 0 Å². The molecule has 2 atom stereocenters. The van der Waals surface area contributed by atoms with Crippen molar-refractivity contribution in [1.82, 2.24) is 0 Å². The van der Waals surface area contributed by atoms with E-state index >= 15 is 0 Å². The van der Waals surface area contributed by atoms with Crippen LogP contribution in [0.1, 0.15) is 45.4 Å². The molecular weight excluding hydrogens is 240 g/mol. The first kappa shape index (κ1) is 14.0. The molecule has 2 rings (SSSR count). The SMILES string of the molecule is CCCCC[C@H](Sc1ccccc1)[C@H](O)C1CC1. The average molecular weight is 264 g/mol. The first-order chi connectivity index (χ1) is 8.81. The van der Waals surface area contributed by atoms with Crippen molar-refractivity contribution in [2.75, 3.05) is 0 Å². The van der Waals surface area contributed by atoms with E-state index in [1.807, 2.05) is 17.8 Å². The maximum Gasteiger partial charge on any atom is 0.0690 e. The molecule has 1 N–H and O–H groups in total. The van der Waals surface area contributed by atoms with Crippen molar-refractivity contribution in [1.29, 1.82) is 0 Å². The summed E-state index contributed by atoms with van der Waals surface area (Å²) in [5, 5.41) is 10.8. The van der Waals surface area contributed by atoms with E-state index in [0.717, 1.165) is 6.42 Å². The van der Waals surface area contributed by atoms with E-state index in [1.165, 1.54) is 37.0 Å². The second-order valence-electron chi connectivity index (χ2n) is 5.29. The van der Waals surface area contributed by atoms with Crippen molar-refractivity contribution >= 4 is 11.8 Å². The highest BCUT2D eigenvalue weighted by atomic mass is 32.2. The van der Waals surface area contributed by atoms with Gasteiger partial charge < -0.3 is 5.11 Å². The third-order valence-electron chi connectivity index (χ3n) is 3.61. The molecule has 1 fully saturated rings. The summed E-state index contributed by atoms with van der Waals surface area (Å²) in [6, 6.07) is 10.5. The number of aliphatic hydroxyl groups is 1. The van der Waals surface area contributed by atoms with Gasteiger partial charge in [0.15, 0.2) is 0 Å². The highest BCUT2D eigenvalue weighted by Crippen LogP contribution is 2.40. The highest BCUT2D eigenvalue weighted by Gasteiger charge is 2.35. The number of thioether (sulfide) groups is 1. The maximum absolute atomic E-state index is 10.4. The Hall–Kier alpha value is -0.470. The van der Waals surface area contributed by atoms with Crippen LogP contribution < -0.4 is 0 Å². The topological polar surface area (TPSA) is 20.2 Å². The zero-order valence-electron chi connectivity index (χ0n) is 11.2. The highest BCUT2D eigenvalue weighted by molar-refractivity contribution is 8.00. The van der Waals surface area contributed by atoms with Crippen molar-refractivity contribution in [3.8, 4) is 0 Å². The van der Waals surface area contributed by atoms with Gasteiger partial charge in [-0.05, 0) is 37.3 Å². The van der Waals surface area contributed by atoms with Crippen LogP contribution in [0.2, 0.25) is 0 Å². The lowest BCUT2D eigenvalue weighted by molar-refractivity contribution is 0.144. The molecule has 2 heteroatoms. The van der Waals surface area contributed by atoms with Crippen molar-refractivity contribution in [2.45, 2.75) is 61.7 Å². The van der Waals surface area contributed by atoms with Crippen LogP contribution in [0.5, 0.6) is 0 Å². The minimum Gasteiger partial charge on any atom is -0.392 e. The largest absolute Gasteiger partial charge is 0.392 e. The van der Waals surface area contributed by atoms with E-state index in [1.54, 1.807) is 0 Å². The molecule has 100 valence electrons. The molecule has 1 saturated carbocycles. The summed E-state index contributed by atoms with van der Waals surface area (Å²) in [5.74, 6) is 0.577. The molecule has 0 unspecified atom stereocenters. The van der Waals surface area contributed by atoms with Gasteiger partial charge in [-0.2, -0.15) is 0 Å². The molecule has 18 heavy (non-hydrogen) atoms. The quantitative estimate of drug-likeness (QED) is 0.551. The van der Waals surface area contributed by atoms with Crippen LogP contribution in [0.4, 0.5) is 0 Å². The summed E-state index contributed by atoms with van der Waals surface area (Å²) in [6.45, 7) is 2.23. The molecule has 0 spiro atoms. The minimum absolute atomic E-state index is 0.105. The molecule has 1 aliphatic rings. The van der Waals surface area contributed by atoms with E-state index in [9.17, 15) is 5.11 Å². The van der Waals surface area contributed by atoms with E-state index in [-0.39, 0.29) is 6.10 Å². The van der Waals surface area contributed by atoms with Gasteiger partial charge in [0, 0.05) is 10.1 Å². The van der Waals surface area contributed by atoms with Crippen LogP contribution in [-0.4, -0.2) is 16.5 Å². The van der Waals surface area contributed by atoms with Gasteiger partial charge in [0.05, 0.1) is 6.10 Å². The molecule has 0 amide bonds. The summed E-state index contributed by atoms with van der Waals surface area (Å²) in [6.07, 6.45) is 7.26. The van der Waals surface area contributed by atoms with Gasteiger partial charge in [0.25, 0.3) is 0 Å². The summed E-state index contributed by atoms with van der Waals surface area (Å²) in [5.41, 5.74) is 0. The van der Waals surface area contributed by atoms with Crippen LogP contribution in [0.15, 0.2) is 35.2 Å². The molecule has 0 radical (unpaired) electrons. The molecule has 0 saturated heterocycles. The first-order valence-corrected chi connectivity index (χ1v) is 8.09. The van der Waals surface area contributed by atoms with Crippen LogP contribution in [0, 0.1) is 5.92 Å². The van der Waals surface area contributed by atoms with Crippen LogP contribution >= 0.6 is 11.8 Å². The van der Waals surface area contributed by atoms with Gasteiger partial charge in [-0.3, -0.25) is 0 Å². The second-order valence-corrected chi connectivity index (χ2v) is 6.61. The Bertz CT molecular complexity index is 334. The summed E-state index contributed by atoms with van der Waals surface area (Å²) >= 11 is 1.87. The molecular formula is C16H24OS. The number of benzene rings is 1. The lowest BCUT2D eigenvalue weighted by atomic mass is 10.1. The number of aliphatic hydroxyl groups excluding tert-OH is 1. The fraction of sp³-hybridized carbons (Fsp3) is 0.625. The monoisotopic (exact) mass is 264 g/mol. The normalized spacial score (nSPS) is 18.6. The molecule has 0 aromatic heterocycles. The van der Waals surface area contributed by atoms with E-state index in [2.05, 4.69) is 31.2 Å². The Morgan fingerprint density at radius 3 is 2.56 bits per heavy atom. The predicted molar refractivity (Wildman–Crippen MR) is 79.0 cm³/mol. The lowest BCUT2D eigenvalue weighted by Gasteiger charge is -2.22. The van der Waals surface area contributed by atoms with E-state index in [4.69, 9.17) is 0 Å². The first-order valence-electron chi connectivity index (χ1n) is 7.21. The molecule has 0 aliphatic heterocycles. The smallest absolute Gasteiger partial charge is 0.0690 e. The minimum atomic E-state index is -0.105. The Morgan fingerprint density at radius 2 is 1.94 bits per heavy atom. The van der Waals surface area contributed by atoms with Gasteiger partial charge in [-0.1, -0.05) is 44.4 Å². The van der Waals surface area contributed by atoms with Crippen LogP contribution in [0.3, 0.4) is 0 Å². The van der Waals surface area contributed by atoms with Crippen molar-refractivity contribution in [2.24, 2.45) is 5.92 Å². The summed E-state index contributed by atoms with van der Waals surface area (Å²) in [4.78, 5) is 1.29. The van der Waals surface area contributed by atoms with Crippen LogP contribution in [0.25, 0.3) is 0 Å². The molecule has 1 nitrogen and oxygen atoms in total. The Kier molecular flexibility index (Phi) is 5.58. The fourth-order valence-electron chi connectivity index (χ4n) is 2.31. The number of rotatable bonds is 8. The van der Waals surface area contributed by atoms with Gasteiger partial charge in [0.2, 0.25) is 0 Å². The third kappa shape index (κ3) is 4.33. The van der Waals surface area contributed by atoms with Gasteiger partial charge in [0.1, 0.15) is 0 Å². The molecule has 0 bridgehead atoms. The average Bonchev–Trinajstić information content (AvgIpc) is 3.22. The Balaban J connectivity index is 1.90. The zero-order chi connectivity index (χ0) is 12.8. The number of unbranched alkanes of at least 4 members (excludes halogenated alkanes) is 2. The summed E-state index contributed by atoms with van der Waals surface area (Å²) < 4.78 is 0. The van der Waals surface area contributed by atoms with Gasteiger partial charge in [-0.25, -0.2) is 0 Å². The van der Waals surface area contributed by atoms with E-state index < -0.39 is 0 Å². The standard InChI is InChI=1S/C16H24OS/c1-2-3-5-10-15(16(17)13-11-12-13)18-14-8-6-4-7-9-14/h4,6-9,13,15-17H,2-3,5,10-12H2,1H3/t15-,16+/m0/s1. The summed E-state index contributed by atoms with van der Waals surface area (Å²) in [7, 11) is 0. The maximum atomic E-state index is 10.4. The van der Waals surface area contributed by atoms with Crippen LogP contribution in [-0.2, 0) is 0 Å². The molecule has 1 aromatic carbocycles. The van der Waals surface area contributed by atoms with Crippen molar-refractivity contribution in [3.05, 3.63) is 30.3 Å². The Labute approximate surface area is 115 Å². The lowest BCUT2D eigenvalue weighted by Crippen LogP contribution is -2.25. The second kappa shape index (κ2) is 7.20. The van der Waals surface area contributed by atoms with Gasteiger partial charge >= 0.3 is 0 Å². The third-order valence-corrected chi connectivity index (χ3v) is 4.97. The fourth-order valence-corrected chi connectivity index (χ4v) is 3.62. The van der Waals surface area contributed by atoms with Crippen molar-refractivity contribution < 1.29 is 5.11 Å². The van der Waals surface area contributed by atoms with Gasteiger partial charge in [-0.15, -0.1) is 11.8 Å². The van der Waals surface area contributed by atoms with E-state index in [0.29, 0.717) is 11.2 Å². The Morgan fingerprint density at radius 1 is 1.22 bits per heavy atom.